The monoisotopic (exact) mass is 346 g/mol. The summed E-state index contributed by atoms with van der Waals surface area (Å²) in [6.45, 7) is 2.62. The first-order valence-corrected chi connectivity index (χ1v) is 8.59. The molecule has 0 unspecified atom stereocenters. The fraction of sp³-hybridized carbons (Fsp3) is 0.0952. The number of fused-ring (bicyclic) bond motifs is 4. The van der Waals surface area contributed by atoms with Crippen LogP contribution in [0.3, 0.4) is 0 Å². The van der Waals surface area contributed by atoms with Crippen molar-refractivity contribution in [2.45, 2.75) is 13.5 Å². The van der Waals surface area contributed by atoms with E-state index in [9.17, 15) is 0 Å². The molecule has 0 N–H and O–H groups in total. The first kappa shape index (κ1) is 14.6. The Hall–Kier alpha value is -2.78. The van der Waals surface area contributed by atoms with E-state index >= 15 is 0 Å². The normalized spacial score (nSPS) is 13.3. The van der Waals surface area contributed by atoms with Crippen molar-refractivity contribution in [3.63, 3.8) is 0 Å². The van der Waals surface area contributed by atoms with Gasteiger partial charge in [-0.05, 0) is 48.9 Å². The van der Waals surface area contributed by atoms with Gasteiger partial charge in [-0.2, -0.15) is 0 Å². The van der Waals surface area contributed by atoms with Gasteiger partial charge in [0.25, 0.3) is 0 Å². The number of aliphatic imine (C=N–C) groups is 1. The number of aryl methyl sites for hydroxylation is 1. The highest BCUT2D eigenvalue weighted by Gasteiger charge is 2.22. The van der Waals surface area contributed by atoms with Crippen LogP contribution in [0.1, 0.15) is 22.6 Å². The second-order valence-electron chi connectivity index (χ2n) is 6.26. The van der Waals surface area contributed by atoms with Crippen molar-refractivity contribution in [2.75, 3.05) is 0 Å². The number of hydrogen-bond acceptors (Lipinski definition) is 2. The summed E-state index contributed by atoms with van der Waals surface area (Å²) >= 11 is 6.42. The van der Waals surface area contributed by atoms with Crippen LogP contribution in [0, 0.1) is 6.92 Å². The predicted molar refractivity (Wildman–Crippen MR) is 101 cm³/mol. The minimum absolute atomic E-state index is 0.530. The lowest BCUT2D eigenvalue weighted by Crippen LogP contribution is -2.07. The van der Waals surface area contributed by atoms with Crippen LogP contribution in [0.15, 0.2) is 70.2 Å². The van der Waals surface area contributed by atoms with Gasteiger partial charge in [-0.1, -0.05) is 29.8 Å². The molecule has 4 heteroatoms. The summed E-state index contributed by atoms with van der Waals surface area (Å²) in [7, 11) is 0. The topological polar surface area (TPSA) is 30.4 Å². The third-order valence-corrected chi connectivity index (χ3v) is 5.11. The Labute approximate surface area is 150 Å². The van der Waals surface area contributed by atoms with Gasteiger partial charge in [0.1, 0.15) is 11.3 Å². The van der Waals surface area contributed by atoms with E-state index in [0.29, 0.717) is 6.54 Å². The molecule has 0 spiro atoms. The molecule has 0 fully saturated rings. The van der Waals surface area contributed by atoms with Crippen LogP contribution in [0.5, 0.6) is 0 Å². The van der Waals surface area contributed by atoms with Crippen LogP contribution in [-0.2, 0) is 6.54 Å². The molecule has 5 rings (SSSR count). The minimum atomic E-state index is 0.530. The summed E-state index contributed by atoms with van der Waals surface area (Å²) in [4.78, 5) is 4.85. The Kier molecular flexibility index (Phi) is 3.12. The maximum atomic E-state index is 6.42. The van der Waals surface area contributed by atoms with Gasteiger partial charge in [0, 0.05) is 22.2 Å². The Bertz CT molecular complexity index is 1150. The third kappa shape index (κ3) is 2.16. The number of hydrogen-bond donors (Lipinski definition) is 0. The molecule has 0 atom stereocenters. The van der Waals surface area contributed by atoms with E-state index in [1.165, 1.54) is 5.56 Å². The van der Waals surface area contributed by atoms with E-state index in [4.69, 9.17) is 21.0 Å². The molecule has 0 aliphatic carbocycles. The van der Waals surface area contributed by atoms with E-state index in [0.717, 1.165) is 44.4 Å². The highest BCUT2D eigenvalue weighted by Crippen LogP contribution is 2.31. The van der Waals surface area contributed by atoms with Crippen LogP contribution in [0.2, 0.25) is 5.02 Å². The lowest BCUT2D eigenvalue weighted by Gasteiger charge is -2.10. The average molecular weight is 347 g/mol. The van der Waals surface area contributed by atoms with Crippen LogP contribution in [-0.4, -0.2) is 10.3 Å². The molecule has 0 amide bonds. The van der Waals surface area contributed by atoms with Crippen LogP contribution in [0.25, 0.3) is 16.7 Å². The molecule has 0 saturated heterocycles. The van der Waals surface area contributed by atoms with E-state index < -0.39 is 0 Å². The van der Waals surface area contributed by atoms with Crippen molar-refractivity contribution in [3.05, 3.63) is 88.4 Å². The highest BCUT2D eigenvalue weighted by molar-refractivity contribution is 6.31. The van der Waals surface area contributed by atoms with E-state index in [1.54, 1.807) is 0 Å². The highest BCUT2D eigenvalue weighted by atomic mass is 35.5. The van der Waals surface area contributed by atoms with Gasteiger partial charge in [-0.3, -0.25) is 4.99 Å². The van der Waals surface area contributed by atoms with E-state index in [1.807, 2.05) is 36.5 Å². The first-order valence-electron chi connectivity index (χ1n) is 8.22. The zero-order valence-electron chi connectivity index (χ0n) is 13.7. The number of halogens is 1. The average Bonchev–Trinajstić information content (AvgIpc) is 3.22. The molecule has 4 aromatic rings. The molecule has 0 radical (unpaired) electrons. The van der Waals surface area contributed by atoms with Gasteiger partial charge in [0.2, 0.25) is 0 Å². The minimum Gasteiger partial charge on any atom is -0.454 e. The first-order chi connectivity index (χ1) is 12.2. The summed E-state index contributed by atoms with van der Waals surface area (Å²) in [5.41, 5.74) is 6.05. The number of aromatic nitrogens is 1. The van der Waals surface area contributed by atoms with Gasteiger partial charge in [0.05, 0.1) is 17.9 Å². The smallest absolute Gasteiger partial charge is 0.155 e. The number of nitrogens with zero attached hydrogens (tertiary/aromatic N) is 2. The second-order valence-corrected chi connectivity index (χ2v) is 6.67. The molecule has 2 aromatic heterocycles. The summed E-state index contributed by atoms with van der Waals surface area (Å²) in [6.07, 6.45) is 2.04. The van der Waals surface area contributed by atoms with Crippen molar-refractivity contribution in [2.24, 2.45) is 4.99 Å². The van der Waals surface area contributed by atoms with E-state index in [-0.39, 0.29) is 0 Å². The van der Waals surface area contributed by atoms with Crippen LogP contribution < -0.4 is 0 Å². The van der Waals surface area contributed by atoms with Gasteiger partial charge < -0.3 is 8.98 Å². The molecule has 0 saturated carbocycles. The molecule has 1 aliphatic heterocycles. The zero-order valence-corrected chi connectivity index (χ0v) is 14.4. The van der Waals surface area contributed by atoms with Crippen molar-refractivity contribution >= 4 is 28.3 Å². The molecule has 122 valence electrons. The Morgan fingerprint density at radius 3 is 2.84 bits per heavy atom. The van der Waals surface area contributed by atoms with Gasteiger partial charge in [0.15, 0.2) is 5.76 Å². The summed E-state index contributed by atoms with van der Waals surface area (Å²) in [5.74, 6) is 0.785. The van der Waals surface area contributed by atoms with Gasteiger partial charge in [-0.25, -0.2) is 0 Å². The number of benzene rings is 2. The van der Waals surface area contributed by atoms with Crippen molar-refractivity contribution in [3.8, 4) is 5.69 Å². The Morgan fingerprint density at radius 1 is 1.08 bits per heavy atom. The molecule has 0 bridgehead atoms. The fourth-order valence-corrected chi connectivity index (χ4v) is 3.71. The quantitative estimate of drug-likeness (QED) is 0.445. The SMILES string of the molecule is Cc1cccc2oc(C3=NCc4c(Cl)cccc4-n4cccc43)cc12. The second kappa shape index (κ2) is 5.36. The summed E-state index contributed by atoms with van der Waals surface area (Å²) < 4.78 is 8.25. The molecule has 25 heavy (non-hydrogen) atoms. The maximum absolute atomic E-state index is 6.42. The summed E-state index contributed by atoms with van der Waals surface area (Å²) in [5, 5.41) is 1.86. The summed E-state index contributed by atoms with van der Waals surface area (Å²) in [6, 6.07) is 18.2. The molecule has 3 nitrogen and oxygen atoms in total. The largest absolute Gasteiger partial charge is 0.454 e. The zero-order chi connectivity index (χ0) is 17.0. The number of rotatable bonds is 1. The Balaban J connectivity index is 1.75. The third-order valence-electron chi connectivity index (χ3n) is 4.75. The molecular weight excluding hydrogens is 332 g/mol. The molecular formula is C21H15ClN2O. The van der Waals surface area contributed by atoms with Crippen molar-refractivity contribution < 1.29 is 4.42 Å². The fourth-order valence-electron chi connectivity index (χ4n) is 3.48. The predicted octanol–water partition coefficient (Wildman–Crippen LogP) is 5.54. The van der Waals surface area contributed by atoms with Gasteiger partial charge >= 0.3 is 0 Å². The van der Waals surface area contributed by atoms with Crippen molar-refractivity contribution in [1.29, 1.82) is 0 Å². The lowest BCUT2D eigenvalue weighted by atomic mass is 10.1. The number of furan rings is 1. The molecule has 2 aromatic carbocycles. The Morgan fingerprint density at radius 2 is 1.96 bits per heavy atom. The van der Waals surface area contributed by atoms with Crippen LogP contribution >= 0.6 is 11.6 Å². The maximum Gasteiger partial charge on any atom is 0.155 e. The lowest BCUT2D eigenvalue weighted by molar-refractivity contribution is 0.604. The van der Waals surface area contributed by atoms with Gasteiger partial charge in [-0.15, -0.1) is 0 Å². The van der Waals surface area contributed by atoms with Crippen LogP contribution in [0.4, 0.5) is 0 Å². The van der Waals surface area contributed by atoms with Crippen molar-refractivity contribution in [1.82, 2.24) is 4.57 Å². The molecule has 1 aliphatic rings. The van der Waals surface area contributed by atoms with E-state index in [2.05, 4.69) is 35.8 Å². The standard InChI is InChI=1S/C21H15ClN2O/c1-13-5-2-9-19-14(13)11-20(25-19)21-18-8-4-10-24(18)17-7-3-6-16(22)15(17)12-23-21/h2-11H,12H2,1H3. The molecule has 3 heterocycles.